The van der Waals surface area contributed by atoms with Crippen molar-refractivity contribution in [3.63, 3.8) is 0 Å². The number of piperidine rings is 1. The molecule has 4 rings (SSSR count). The molecule has 2 aliphatic rings. The van der Waals surface area contributed by atoms with Gasteiger partial charge in [-0.3, -0.25) is 4.79 Å². The number of thiazole rings is 1. The molecule has 2 fully saturated rings. The van der Waals surface area contributed by atoms with Crippen molar-refractivity contribution < 1.29 is 4.79 Å². The number of aryl methyl sites for hydroxylation is 1. The molecule has 4 nitrogen and oxygen atoms in total. The van der Waals surface area contributed by atoms with Gasteiger partial charge in [-0.2, -0.15) is 0 Å². The number of nitrogens with one attached hydrogen (secondary N) is 2. The summed E-state index contributed by atoms with van der Waals surface area (Å²) in [6.45, 7) is 4.90. The third kappa shape index (κ3) is 4.08. The second-order valence-electron chi connectivity index (χ2n) is 6.93. The number of hydrogen-bond acceptors (Lipinski definition) is 5. The van der Waals surface area contributed by atoms with E-state index >= 15 is 0 Å². The first-order valence-corrected chi connectivity index (χ1v) is 10.4. The van der Waals surface area contributed by atoms with Gasteiger partial charge in [0, 0.05) is 22.7 Å². The Morgan fingerprint density at radius 2 is 2.20 bits per heavy atom. The zero-order valence-corrected chi connectivity index (χ0v) is 16.8. The molecule has 3 heterocycles. The topological polar surface area (TPSA) is 54.0 Å². The molecular formula is C18H24ClN3OS2. The van der Waals surface area contributed by atoms with Gasteiger partial charge in [-0.25, -0.2) is 4.98 Å². The summed E-state index contributed by atoms with van der Waals surface area (Å²) in [5.74, 6) is 0.528. The van der Waals surface area contributed by atoms with E-state index in [4.69, 9.17) is 0 Å². The number of hydrogen-bond donors (Lipinski definition) is 2. The van der Waals surface area contributed by atoms with Crippen LogP contribution >= 0.6 is 35.1 Å². The molecule has 1 aliphatic heterocycles. The van der Waals surface area contributed by atoms with Crippen LogP contribution in [-0.2, 0) is 11.2 Å². The van der Waals surface area contributed by atoms with Crippen molar-refractivity contribution in [2.75, 3.05) is 19.6 Å². The highest BCUT2D eigenvalue weighted by atomic mass is 35.5. The van der Waals surface area contributed by atoms with E-state index in [0.717, 1.165) is 56.0 Å². The largest absolute Gasteiger partial charge is 0.355 e. The van der Waals surface area contributed by atoms with Crippen LogP contribution in [0.25, 0.3) is 10.6 Å². The Labute approximate surface area is 162 Å². The molecule has 1 aliphatic carbocycles. The average Bonchev–Trinajstić information content (AvgIpc) is 2.92. The lowest BCUT2D eigenvalue weighted by Crippen LogP contribution is -2.34. The zero-order valence-electron chi connectivity index (χ0n) is 14.3. The van der Waals surface area contributed by atoms with Crippen molar-refractivity contribution in [1.82, 2.24) is 15.6 Å². The van der Waals surface area contributed by atoms with Crippen LogP contribution in [0.1, 0.15) is 29.1 Å². The number of rotatable bonds is 5. The minimum Gasteiger partial charge on any atom is -0.355 e. The summed E-state index contributed by atoms with van der Waals surface area (Å²) in [4.78, 5) is 19.4. The Morgan fingerprint density at radius 1 is 1.40 bits per heavy atom. The number of halogens is 1. The predicted octanol–water partition coefficient (Wildman–Crippen LogP) is 3.65. The Bertz CT molecular complexity index is 736. The summed E-state index contributed by atoms with van der Waals surface area (Å²) < 4.78 is 0. The molecule has 7 heteroatoms. The fourth-order valence-corrected chi connectivity index (χ4v) is 5.41. The molecular weight excluding hydrogens is 374 g/mol. The highest BCUT2D eigenvalue weighted by Crippen LogP contribution is 2.58. The van der Waals surface area contributed by atoms with E-state index in [0.29, 0.717) is 5.41 Å². The van der Waals surface area contributed by atoms with Crippen LogP contribution < -0.4 is 10.6 Å². The molecule has 0 radical (unpaired) electrons. The first-order chi connectivity index (χ1) is 11.7. The minimum absolute atomic E-state index is 0. The standard InChI is InChI=1S/C18H23N3OS2.ClH/c1-12-21-15(11-23-12)16-3-2-13(24-16)4-7-20-17(22)14-10-18(14)5-8-19-9-6-18;/h2-3,11,14,19H,4-10H2,1H3,(H,20,22);1H. The van der Waals surface area contributed by atoms with Crippen LogP contribution in [0.4, 0.5) is 0 Å². The van der Waals surface area contributed by atoms with E-state index in [1.807, 2.05) is 6.92 Å². The summed E-state index contributed by atoms with van der Waals surface area (Å²) in [5.41, 5.74) is 1.40. The number of amides is 1. The number of nitrogens with zero attached hydrogens (tertiary/aromatic N) is 1. The highest BCUT2D eigenvalue weighted by Gasteiger charge is 2.57. The van der Waals surface area contributed by atoms with E-state index in [1.165, 1.54) is 9.75 Å². The fourth-order valence-electron chi connectivity index (χ4n) is 3.75. The second-order valence-corrected chi connectivity index (χ2v) is 9.16. The zero-order chi connectivity index (χ0) is 16.6. The number of aromatic nitrogens is 1. The molecule has 0 aromatic carbocycles. The summed E-state index contributed by atoms with van der Waals surface area (Å²) in [5, 5.41) is 9.75. The van der Waals surface area contributed by atoms with Crippen molar-refractivity contribution in [3.05, 3.63) is 27.4 Å². The molecule has 1 spiro atoms. The molecule has 25 heavy (non-hydrogen) atoms. The van der Waals surface area contributed by atoms with Gasteiger partial charge < -0.3 is 10.6 Å². The normalized spacial score (nSPS) is 20.9. The lowest BCUT2D eigenvalue weighted by molar-refractivity contribution is -0.123. The first kappa shape index (κ1) is 18.8. The fraction of sp³-hybridized carbons (Fsp3) is 0.556. The molecule has 1 unspecified atom stereocenters. The molecule has 2 aromatic heterocycles. The Balaban J connectivity index is 0.00000182. The monoisotopic (exact) mass is 397 g/mol. The van der Waals surface area contributed by atoms with Crippen molar-refractivity contribution in [3.8, 4) is 10.6 Å². The molecule has 1 atom stereocenters. The molecule has 1 saturated carbocycles. The van der Waals surface area contributed by atoms with Crippen molar-refractivity contribution >= 4 is 41.0 Å². The Hall–Kier alpha value is -0.950. The van der Waals surface area contributed by atoms with Crippen molar-refractivity contribution in [2.45, 2.75) is 32.6 Å². The van der Waals surface area contributed by atoms with Crippen LogP contribution in [0.3, 0.4) is 0 Å². The first-order valence-electron chi connectivity index (χ1n) is 8.66. The minimum atomic E-state index is 0. The maximum Gasteiger partial charge on any atom is 0.223 e. The molecule has 1 amide bonds. The van der Waals surface area contributed by atoms with E-state index in [9.17, 15) is 4.79 Å². The van der Waals surface area contributed by atoms with E-state index in [1.54, 1.807) is 22.7 Å². The van der Waals surface area contributed by atoms with Gasteiger partial charge in [0.15, 0.2) is 0 Å². The van der Waals surface area contributed by atoms with Crippen molar-refractivity contribution in [1.29, 1.82) is 0 Å². The maximum absolute atomic E-state index is 12.4. The van der Waals surface area contributed by atoms with Crippen LogP contribution in [0, 0.1) is 18.3 Å². The highest BCUT2D eigenvalue weighted by molar-refractivity contribution is 7.16. The maximum atomic E-state index is 12.4. The third-order valence-corrected chi connectivity index (χ3v) is 7.25. The van der Waals surface area contributed by atoms with Gasteiger partial charge >= 0.3 is 0 Å². The number of carbonyl (C=O) groups is 1. The van der Waals surface area contributed by atoms with E-state index in [-0.39, 0.29) is 24.2 Å². The molecule has 0 bridgehead atoms. The van der Waals surface area contributed by atoms with E-state index < -0.39 is 0 Å². The molecule has 136 valence electrons. The van der Waals surface area contributed by atoms with Gasteiger partial charge in [0.1, 0.15) is 0 Å². The lowest BCUT2D eigenvalue weighted by Gasteiger charge is -2.23. The van der Waals surface area contributed by atoms with Gasteiger partial charge in [-0.15, -0.1) is 35.1 Å². The molecule has 2 N–H and O–H groups in total. The van der Waals surface area contributed by atoms with Gasteiger partial charge in [0.05, 0.1) is 15.6 Å². The summed E-state index contributed by atoms with van der Waals surface area (Å²) >= 11 is 3.47. The van der Waals surface area contributed by atoms with Gasteiger partial charge in [0.25, 0.3) is 0 Å². The molecule has 1 saturated heterocycles. The smallest absolute Gasteiger partial charge is 0.223 e. The SMILES string of the molecule is Cc1nc(-c2ccc(CCNC(=O)C3CC34CCNCC4)s2)cs1.Cl. The third-order valence-electron chi connectivity index (χ3n) is 5.31. The quantitative estimate of drug-likeness (QED) is 0.809. The second kappa shape index (κ2) is 7.74. The average molecular weight is 398 g/mol. The summed E-state index contributed by atoms with van der Waals surface area (Å²) in [6, 6.07) is 4.30. The van der Waals surface area contributed by atoms with E-state index in [2.05, 4.69) is 33.1 Å². The lowest BCUT2D eigenvalue weighted by atomic mass is 9.92. The van der Waals surface area contributed by atoms with Crippen LogP contribution in [0.2, 0.25) is 0 Å². The van der Waals surface area contributed by atoms with Gasteiger partial charge in [-0.05, 0) is 63.2 Å². The predicted molar refractivity (Wildman–Crippen MR) is 107 cm³/mol. The van der Waals surface area contributed by atoms with Crippen molar-refractivity contribution in [2.24, 2.45) is 11.3 Å². The van der Waals surface area contributed by atoms with Gasteiger partial charge in [-0.1, -0.05) is 0 Å². The molecule has 2 aromatic rings. The number of thiophene rings is 1. The van der Waals surface area contributed by atoms with Gasteiger partial charge in [0.2, 0.25) is 5.91 Å². The summed E-state index contributed by atoms with van der Waals surface area (Å²) in [6.07, 6.45) is 4.31. The van der Waals surface area contributed by atoms with Crippen LogP contribution in [-0.4, -0.2) is 30.5 Å². The summed E-state index contributed by atoms with van der Waals surface area (Å²) in [7, 11) is 0. The number of carbonyl (C=O) groups excluding carboxylic acids is 1. The van der Waals surface area contributed by atoms with Crippen LogP contribution in [0.15, 0.2) is 17.5 Å². The van der Waals surface area contributed by atoms with Crippen LogP contribution in [0.5, 0.6) is 0 Å². The Kier molecular flexibility index (Phi) is 5.83. The Morgan fingerprint density at radius 3 is 2.92 bits per heavy atom.